The lowest BCUT2D eigenvalue weighted by Crippen LogP contribution is -1.94. The second-order valence-electron chi connectivity index (χ2n) is 9.95. The van der Waals surface area contributed by atoms with Crippen LogP contribution < -0.4 is 0 Å². The molecule has 0 bridgehead atoms. The molecule has 0 aliphatic heterocycles. The summed E-state index contributed by atoms with van der Waals surface area (Å²) in [6.45, 7) is 2.14. The van der Waals surface area contributed by atoms with Gasteiger partial charge in [0.15, 0.2) is 0 Å². The topological polar surface area (TPSA) is 4.93 Å². The summed E-state index contributed by atoms with van der Waals surface area (Å²) in [6, 6.07) is 52.6. The van der Waals surface area contributed by atoms with Gasteiger partial charge in [0.2, 0.25) is 0 Å². The Balaban J connectivity index is 1.31. The van der Waals surface area contributed by atoms with Crippen molar-refractivity contribution in [2.45, 2.75) is 6.92 Å². The molecular formula is C37H27N. The molecule has 0 saturated carbocycles. The van der Waals surface area contributed by atoms with Crippen molar-refractivity contribution in [2.75, 3.05) is 0 Å². The number of para-hydroxylation sites is 2. The van der Waals surface area contributed by atoms with Crippen LogP contribution in [0.5, 0.6) is 0 Å². The fourth-order valence-electron chi connectivity index (χ4n) is 5.61. The highest BCUT2D eigenvalue weighted by molar-refractivity contribution is 6.09. The Morgan fingerprint density at radius 1 is 0.368 bits per heavy atom. The average Bonchev–Trinajstić information content (AvgIpc) is 3.32. The zero-order valence-corrected chi connectivity index (χ0v) is 21.3. The van der Waals surface area contributed by atoms with Crippen molar-refractivity contribution in [2.24, 2.45) is 0 Å². The molecule has 0 aliphatic rings. The third-order valence-corrected chi connectivity index (χ3v) is 7.43. The lowest BCUT2D eigenvalue weighted by atomic mass is 9.95. The number of aromatic nitrogens is 1. The molecule has 0 amide bonds. The Labute approximate surface area is 223 Å². The maximum Gasteiger partial charge on any atom is 0.0541 e. The Hall–Kier alpha value is -4.88. The molecule has 0 saturated heterocycles. The van der Waals surface area contributed by atoms with E-state index in [0.717, 1.165) is 0 Å². The predicted octanol–water partition coefficient (Wildman–Crippen LogP) is 10.1. The minimum atomic E-state index is 1.17. The van der Waals surface area contributed by atoms with Gasteiger partial charge in [0.25, 0.3) is 0 Å². The minimum Gasteiger partial charge on any atom is -0.309 e. The van der Waals surface area contributed by atoms with Gasteiger partial charge in [-0.3, -0.25) is 0 Å². The second-order valence-corrected chi connectivity index (χ2v) is 9.95. The maximum absolute atomic E-state index is 2.38. The van der Waals surface area contributed by atoms with Gasteiger partial charge in [-0.15, -0.1) is 0 Å². The van der Waals surface area contributed by atoms with E-state index in [4.69, 9.17) is 0 Å². The highest BCUT2D eigenvalue weighted by atomic mass is 15.0. The lowest BCUT2D eigenvalue weighted by molar-refractivity contribution is 1.18. The SMILES string of the molecule is Cc1cccc(-c2cccc(-c3cccc(-c4cccc(-n5c6ccccc6c6ccccc65)c4)c3)c2)c1. The van der Waals surface area contributed by atoms with E-state index >= 15 is 0 Å². The second kappa shape index (κ2) is 9.21. The number of aryl methyl sites for hydroxylation is 1. The predicted molar refractivity (Wildman–Crippen MR) is 162 cm³/mol. The molecule has 0 spiro atoms. The fraction of sp³-hybridized carbons (Fsp3) is 0.0270. The van der Waals surface area contributed by atoms with Crippen LogP contribution in [0.4, 0.5) is 0 Å². The highest BCUT2D eigenvalue weighted by Crippen LogP contribution is 2.34. The Bertz CT molecular complexity index is 1890. The van der Waals surface area contributed by atoms with Crippen LogP contribution in [0.2, 0.25) is 0 Å². The molecular weight excluding hydrogens is 458 g/mol. The summed E-state index contributed by atoms with van der Waals surface area (Å²) in [5.74, 6) is 0. The molecule has 7 rings (SSSR count). The molecule has 1 heteroatoms. The minimum absolute atomic E-state index is 1.17. The van der Waals surface area contributed by atoms with E-state index in [1.54, 1.807) is 0 Å². The van der Waals surface area contributed by atoms with Gasteiger partial charge in [0, 0.05) is 16.5 Å². The standard InChI is InChI=1S/C37H27N/c1-26-10-6-11-27(22-26)28-12-7-13-29(23-28)30-14-8-15-31(24-30)32-16-9-17-33(25-32)38-36-20-4-2-18-34(36)35-19-3-5-21-37(35)38/h2-25H,1H3. The van der Waals surface area contributed by atoms with Crippen LogP contribution in [-0.4, -0.2) is 4.57 Å². The molecule has 0 atom stereocenters. The van der Waals surface area contributed by atoms with E-state index in [9.17, 15) is 0 Å². The molecule has 1 nitrogen and oxygen atoms in total. The summed E-state index contributed by atoms with van der Waals surface area (Å²) < 4.78 is 2.38. The van der Waals surface area contributed by atoms with Gasteiger partial charge < -0.3 is 4.57 Å². The van der Waals surface area contributed by atoms with Crippen LogP contribution in [0, 0.1) is 6.92 Å². The summed E-state index contributed by atoms with van der Waals surface area (Å²) in [4.78, 5) is 0. The Morgan fingerprint density at radius 3 is 1.32 bits per heavy atom. The third kappa shape index (κ3) is 3.90. The summed E-state index contributed by atoms with van der Waals surface area (Å²) >= 11 is 0. The molecule has 0 N–H and O–H groups in total. The normalized spacial score (nSPS) is 11.3. The molecule has 0 unspecified atom stereocenters. The molecule has 180 valence electrons. The number of fused-ring (bicyclic) bond motifs is 3. The number of nitrogens with zero attached hydrogens (tertiary/aromatic N) is 1. The summed E-state index contributed by atoms with van der Waals surface area (Å²) in [7, 11) is 0. The first-order chi connectivity index (χ1) is 18.7. The lowest BCUT2D eigenvalue weighted by Gasteiger charge is -2.12. The molecule has 38 heavy (non-hydrogen) atoms. The zero-order valence-electron chi connectivity index (χ0n) is 21.3. The molecule has 0 aliphatic carbocycles. The van der Waals surface area contributed by atoms with Crippen molar-refractivity contribution < 1.29 is 0 Å². The van der Waals surface area contributed by atoms with Gasteiger partial charge in [-0.1, -0.05) is 115 Å². The first-order valence-corrected chi connectivity index (χ1v) is 13.1. The quantitative estimate of drug-likeness (QED) is 0.234. The summed E-state index contributed by atoms with van der Waals surface area (Å²) in [5, 5.41) is 2.56. The van der Waals surface area contributed by atoms with Crippen LogP contribution in [0.3, 0.4) is 0 Å². The zero-order chi connectivity index (χ0) is 25.5. The monoisotopic (exact) mass is 485 g/mol. The van der Waals surface area contributed by atoms with E-state index in [2.05, 4.69) is 157 Å². The Kier molecular flexibility index (Phi) is 5.41. The smallest absolute Gasteiger partial charge is 0.0541 e. The third-order valence-electron chi connectivity index (χ3n) is 7.43. The van der Waals surface area contributed by atoms with Gasteiger partial charge in [-0.2, -0.15) is 0 Å². The largest absolute Gasteiger partial charge is 0.309 e. The molecule has 1 heterocycles. The number of rotatable bonds is 4. The molecule has 6 aromatic carbocycles. The van der Waals surface area contributed by atoms with Crippen LogP contribution >= 0.6 is 0 Å². The highest BCUT2D eigenvalue weighted by Gasteiger charge is 2.12. The van der Waals surface area contributed by atoms with Crippen LogP contribution in [0.1, 0.15) is 5.56 Å². The van der Waals surface area contributed by atoms with E-state index in [0.29, 0.717) is 0 Å². The van der Waals surface area contributed by atoms with E-state index in [-0.39, 0.29) is 0 Å². The van der Waals surface area contributed by atoms with Crippen molar-refractivity contribution in [3.05, 3.63) is 151 Å². The van der Waals surface area contributed by atoms with Crippen molar-refractivity contribution in [1.29, 1.82) is 0 Å². The van der Waals surface area contributed by atoms with Crippen molar-refractivity contribution >= 4 is 21.8 Å². The van der Waals surface area contributed by atoms with Gasteiger partial charge >= 0.3 is 0 Å². The van der Waals surface area contributed by atoms with Gasteiger partial charge in [0.1, 0.15) is 0 Å². The fourth-order valence-corrected chi connectivity index (χ4v) is 5.61. The number of hydrogen-bond donors (Lipinski definition) is 0. The van der Waals surface area contributed by atoms with Gasteiger partial charge in [-0.25, -0.2) is 0 Å². The van der Waals surface area contributed by atoms with Crippen LogP contribution in [0.15, 0.2) is 146 Å². The molecule has 7 aromatic rings. The van der Waals surface area contributed by atoms with Crippen molar-refractivity contribution in [3.63, 3.8) is 0 Å². The van der Waals surface area contributed by atoms with Gasteiger partial charge in [-0.05, 0) is 76.7 Å². The molecule has 1 aromatic heterocycles. The molecule has 0 fully saturated rings. The number of benzene rings is 6. The van der Waals surface area contributed by atoms with E-state index in [1.807, 2.05) is 0 Å². The van der Waals surface area contributed by atoms with E-state index in [1.165, 1.54) is 66.4 Å². The van der Waals surface area contributed by atoms with Crippen LogP contribution in [0.25, 0.3) is 60.9 Å². The van der Waals surface area contributed by atoms with Crippen molar-refractivity contribution in [1.82, 2.24) is 4.57 Å². The van der Waals surface area contributed by atoms with Crippen molar-refractivity contribution in [3.8, 4) is 39.1 Å². The maximum atomic E-state index is 2.38. The van der Waals surface area contributed by atoms with Crippen LogP contribution in [-0.2, 0) is 0 Å². The average molecular weight is 486 g/mol. The summed E-state index contributed by atoms with van der Waals surface area (Å²) in [5.41, 5.74) is 12.3. The first kappa shape index (κ1) is 22.3. The van der Waals surface area contributed by atoms with E-state index < -0.39 is 0 Å². The summed E-state index contributed by atoms with van der Waals surface area (Å²) in [6.07, 6.45) is 0. The molecule has 0 radical (unpaired) electrons. The first-order valence-electron chi connectivity index (χ1n) is 13.1. The number of hydrogen-bond acceptors (Lipinski definition) is 0. The Morgan fingerprint density at radius 2 is 0.789 bits per heavy atom. The van der Waals surface area contributed by atoms with Gasteiger partial charge in [0.05, 0.1) is 11.0 Å².